The lowest BCUT2D eigenvalue weighted by atomic mass is 10.1. The van der Waals surface area contributed by atoms with Crippen molar-refractivity contribution < 1.29 is 18.5 Å². The molecule has 0 saturated heterocycles. The van der Waals surface area contributed by atoms with Crippen molar-refractivity contribution in [3.8, 4) is 0 Å². The van der Waals surface area contributed by atoms with Crippen LogP contribution in [0.25, 0.3) is 0 Å². The smallest absolute Gasteiger partial charge is 0.277 e. The number of carbonyl (C=O) groups is 1. The van der Waals surface area contributed by atoms with Gasteiger partial charge in [-0.15, -0.1) is 0 Å². The fourth-order valence-electron chi connectivity index (χ4n) is 2.62. The molecule has 0 heterocycles. The number of hydrogen-bond acceptors (Lipinski definition) is 3. The van der Waals surface area contributed by atoms with Crippen molar-refractivity contribution in [1.29, 1.82) is 0 Å². The Kier molecular flexibility index (Phi) is 7.86. The average Bonchev–Trinajstić information content (AvgIpc) is 2.56. The van der Waals surface area contributed by atoms with E-state index in [0.29, 0.717) is 24.5 Å². The number of nitrogens with zero attached hydrogens (tertiary/aromatic N) is 1. The number of hydrogen-bond donors (Lipinski definition) is 2. The summed E-state index contributed by atoms with van der Waals surface area (Å²) in [4.78, 5) is 12.1. The van der Waals surface area contributed by atoms with Crippen LogP contribution in [0.2, 0.25) is 0 Å². The van der Waals surface area contributed by atoms with Crippen LogP contribution in [0.4, 0.5) is 0 Å². The van der Waals surface area contributed by atoms with Crippen LogP contribution in [0.5, 0.6) is 0 Å². The summed E-state index contributed by atoms with van der Waals surface area (Å²) >= 11 is 0. The van der Waals surface area contributed by atoms with E-state index in [9.17, 15) is 13.2 Å². The van der Waals surface area contributed by atoms with E-state index in [1.165, 1.54) is 4.31 Å². The first-order chi connectivity index (χ1) is 11.3. The molecule has 2 atom stereocenters. The lowest BCUT2D eigenvalue weighted by molar-refractivity contribution is -0.710. The minimum atomic E-state index is -3.43. The third-order valence-corrected chi connectivity index (χ3v) is 6.16. The van der Waals surface area contributed by atoms with E-state index in [1.54, 1.807) is 12.1 Å². The summed E-state index contributed by atoms with van der Waals surface area (Å²) in [5, 5.41) is 4.77. The van der Waals surface area contributed by atoms with Crippen molar-refractivity contribution in [3.05, 3.63) is 29.8 Å². The highest BCUT2D eigenvalue weighted by Gasteiger charge is 2.23. The minimum Gasteiger partial charge on any atom is -0.351 e. The highest BCUT2D eigenvalue weighted by atomic mass is 32.2. The Hall–Kier alpha value is -1.44. The number of nitrogens with two attached hydrogens (primary N) is 1. The number of rotatable bonds is 9. The summed E-state index contributed by atoms with van der Waals surface area (Å²) < 4.78 is 26.4. The van der Waals surface area contributed by atoms with Gasteiger partial charge in [0.25, 0.3) is 5.91 Å². The van der Waals surface area contributed by atoms with E-state index in [4.69, 9.17) is 0 Å². The molecular formula is C17H30N3O3S+. The molecule has 0 aliphatic rings. The lowest BCUT2D eigenvalue weighted by Gasteiger charge is -2.19. The van der Waals surface area contributed by atoms with Crippen LogP contribution in [0.1, 0.15) is 46.2 Å². The van der Waals surface area contributed by atoms with Gasteiger partial charge >= 0.3 is 0 Å². The number of quaternary nitrogens is 1. The fourth-order valence-corrected chi connectivity index (χ4v) is 4.08. The third-order valence-electron chi connectivity index (χ3n) is 4.09. The van der Waals surface area contributed by atoms with Crippen LogP contribution in [-0.4, -0.2) is 44.3 Å². The Morgan fingerprint density at radius 3 is 2.12 bits per heavy atom. The molecule has 0 spiro atoms. The summed E-state index contributed by atoms with van der Waals surface area (Å²) in [6.45, 7) is 10.9. The molecule has 24 heavy (non-hydrogen) atoms. The van der Waals surface area contributed by atoms with Gasteiger partial charge < -0.3 is 10.6 Å². The zero-order valence-electron chi connectivity index (χ0n) is 15.2. The molecule has 1 aromatic rings. The predicted molar refractivity (Wildman–Crippen MR) is 95.0 cm³/mol. The zero-order chi connectivity index (χ0) is 18.3. The Labute approximate surface area is 145 Å². The van der Waals surface area contributed by atoms with Gasteiger partial charge in [0.1, 0.15) is 6.04 Å². The van der Waals surface area contributed by atoms with Gasteiger partial charge in [-0.1, -0.05) is 26.0 Å². The van der Waals surface area contributed by atoms with Crippen LogP contribution in [0.3, 0.4) is 0 Å². The van der Waals surface area contributed by atoms with Crippen LogP contribution in [0, 0.1) is 0 Å². The molecule has 1 rings (SSSR count). The Balaban J connectivity index is 2.85. The lowest BCUT2D eigenvalue weighted by Crippen LogP contribution is -2.92. The first kappa shape index (κ1) is 20.6. The molecule has 0 aliphatic heterocycles. The van der Waals surface area contributed by atoms with Crippen molar-refractivity contribution in [1.82, 2.24) is 9.62 Å². The number of amides is 1. The van der Waals surface area contributed by atoms with Gasteiger partial charge in [0.15, 0.2) is 6.04 Å². The SMILES string of the molecule is CCNC(=O)[C@@H](C)[NH2+][C@@H](C)c1ccc(S(=O)(=O)N(CC)CC)cc1. The molecule has 0 radical (unpaired) electrons. The van der Waals surface area contributed by atoms with Gasteiger partial charge in [-0.3, -0.25) is 4.79 Å². The summed E-state index contributed by atoms with van der Waals surface area (Å²) in [6, 6.07) is 6.80. The molecule has 3 N–H and O–H groups in total. The quantitative estimate of drug-likeness (QED) is 0.689. The highest BCUT2D eigenvalue weighted by molar-refractivity contribution is 7.89. The van der Waals surface area contributed by atoms with Crippen LogP contribution < -0.4 is 10.6 Å². The van der Waals surface area contributed by atoms with E-state index >= 15 is 0 Å². The summed E-state index contributed by atoms with van der Waals surface area (Å²) in [5.74, 6) is 0.00470. The second-order valence-corrected chi connectivity index (χ2v) is 7.76. The highest BCUT2D eigenvalue weighted by Crippen LogP contribution is 2.18. The van der Waals surface area contributed by atoms with Gasteiger partial charge in [-0.05, 0) is 32.9 Å². The molecule has 136 valence electrons. The van der Waals surface area contributed by atoms with Crippen molar-refractivity contribution in [2.75, 3.05) is 19.6 Å². The van der Waals surface area contributed by atoms with Crippen molar-refractivity contribution in [3.63, 3.8) is 0 Å². The maximum absolute atomic E-state index is 12.5. The summed E-state index contributed by atoms with van der Waals surface area (Å²) in [7, 11) is -3.43. The topological polar surface area (TPSA) is 83.1 Å². The minimum absolute atomic E-state index is 0.00470. The second-order valence-electron chi connectivity index (χ2n) is 5.82. The monoisotopic (exact) mass is 356 g/mol. The molecule has 0 fully saturated rings. The van der Waals surface area contributed by atoms with Gasteiger partial charge in [0.05, 0.1) is 4.90 Å². The number of likely N-dealkylation sites (N-methyl/N-ethyl adjacent to an activating group) is 1. The third kappa shape index (κ3) is 5.03. The van der Waals surface area contributed by atoms with E-state index in [0.717, 1.165) is 5.56 Å². The molecule has 6 nitrogen and oxygen atoms in total. The van der Waals surface area contributed by atoms with Crippen molar-refractivity contribution in [2.45, 2.75) is 51.6 Å². The maximum atomic E-state index is 12.5. The van der Waals surface area contributed by atoms with Gasteiger partial charge in [-0.25, -0.2) is 8.42 Å². The summed E-state index contributed by atoms with van der Waals surface area (Å²) in [5.41, 5.74) is 0.990. The second kappa shape index (κ2) is 9.15. The van der Waals surface area contributed by atoms with E-state index in [-0.39, 0.29) is 18.0 Å². The molecule has 0 aliphatic carbocycles. The maximum Gasteiger partial charge on any atom is 0.277 e. The molecule has 0 saturated carbocycles. The number of sulfonamides is 1. The van der Waals surface area contributed by atoms with Gasteiger partial charge in [-0.2, -0.15) is 4.31 Å². The first-order valence-electron chi connectivity index (χ1n) is 8.50. The Morgan fingerprint density at radius 2 is 1.67 bits per heavy atom. The molecule has 0 unspecified atom stereocenters. The number of carbonyl (C=O) groups excluding carboxylic acids is 1. The van der Waals surface area contributed by atoms with E-state index in [1.807, 2.05) is 52.1 Å². The first-order valence-corrected chi connectivity index (χ1v) is 9.94. The molecular weight excluding hydrogens is 326 g/mol. The van der Waals surface area contributed by atoms with Crippen LogP contribution >= 0.6 is 0 Å². The molecule has 7 heteroatoms. The standard InChI is InChI=1S/C17H29N3O3S/c1-6-18-17(21)14(5)19-13(4)15-9-11-16(12-10-15)24(22,23)20(7-2)8-3/h9-14,19H,6-8H2,1-5H3,(H,18,21)/p+1/t13-,14+/m0/s1. The largest absolute Gasteiger partial charge is 0.351 e. The van der Waals surface area contributed by atoms with Gasteiger partial charge in [0.2, 0.25) is 10.0 Å². The molecule has 0 aromatic heterocycles. The molecule has 1 amide bonds. The van der Waals surface area contributed by atoms with E-state index in [2.05, 4.69) is 5.32 Å². The Bertz CT molecular complexity index is 625. The zero-order valence-corrected chi connectivity index (χ0v) is 16.1. The molecule has 1 aromatic carbocycles. The fraction of sp³-hybridized carbons (Fsp3) is 0.588. The average molecular weight is 357 g/mol. The van der Waals surface area contributed by atoms with Crippen molar-refractivity contribution >= 4 is 15.9 Å². The predicted octanol–water partition coefficient (Wildman–Crippen LogP) is 0.866. The summed E-state index contributed by atoms with van der Waals surface area (Å²) in [6.07, 6.45) is 0. The molecule has 0 bridgehead atoms. The van der Waals surface area contributed by atoms with Crippen molar-refractivity contribution in [2.24, 2.45) is 0 Å². The van der Waals surface area contributed by atoms with Gasteiger partial charge in [0, 0.05) is 25.2 Å². The van der Waals surface area contributed by atoms with E-state index < -0.39 is 10.0 Å². The van der Waals surface area contributed by atoms with Crippen LogP contribution in [0.15, 0.2) is 29.2 Å². The number of nitrogens with one attached hydrogen (secondary N) is 1. The normalized spacial score (nSPS) is 14.4. The van der Waals surface area contributed by atoms with Crippen LogP contribution in [-0.2, 0) is 14.8 Å². The Morgan fingerprint density at radius 1 is 1.12 bits per heavy atom. The number of benzene rings is 1.